The number of hydrogen-bond donors (Lipinski definition) is 2. The Labute approximate surface area is 62.0 Å². The van der Waals surface area contributed by atoms with Gasteiger partial charge in [-0.1, -0.05) is 15.9 Å². The molecule has 0 heterocycles. The molecule has 0 spiro atoms. The van der Waals surface area contributed by atoms with Crippen molar-refractivity contribution in [2.24, 2.45) is 5.73 Å². The van der Waals surface area contributed by atoms with E-state index < -0.39 is 0 Å². The molecule has 0 saturated heterocycles. The van der Waals surface area contributed by atoms with Crippen molar-refractivity contribution in [3.05, 3.63) is 0 Å². The van der Waals surface area contributed by atoms with Crippen molar-refractivity contribution in [1.29, 1.82) is 0 Å². The largest absolute Gasteiger partial charge is 0.391 e. The summed E-state index contributed by atoms with van der Waals surface area (Å²) in [5.41, 5.74) is 5.00. The maximum Gasteiger partial charge on any atom is 0.0759 e. The summed E-state index contributed by atoms with van der Waals surface area (Å²) in [7, 11) is 0. The van der Waals surface area contributed by atoms with Crippen molar-refractivity contribution in [2.45, 2.75) is 6.10 Å². The molecule has 2 nitrogen and oxygen atoms in total. The first-order chi connectivity index (χ1) is 2.81. The molecule has 0 saturated carbocycles. The van der Waals surface area contributed by atoms with Crippen molar-refractivity contribution >= 4 is 32.9 Å². The smallest absolute Gasteiger partial charge is 0.0759 e. The molecule has 0 aromatic carbocycles. The molecule has 0 amide bonds. The van der Waals surface area contributed by atoms with Gasteiger partial charge < -0.3 is 10.8 Å². The minimum atomic E-state index is -0.370. The molecule has 0 aliphatic rings. The average molecular weight is 235 g/mol. The lowest BCUT2D eigenvalue weighted by molar-refractivity contribution is 0.209. The minimum absolute atomic E-state index is 0. The average Bonchev–Trinajstić information content (AvgIpc) is 1.65. The normalized spacial score (nSPS) is 12.4. The molecule has 0 fully saturated rings. The van der Waals surface area contributed by atoms with Crippen LogP contribution in [0.15, 0.2) is 0 Å². The van der Waals surface area contributed by atoms with Crippen LogP contribution < -0.4 is 5.73 Å². The molecule has 0 aromatic heterocycles. The third-order valence-corrected chi connectivity index (χ3v) is 1.20. The Balaban J connectivity index is 0. The first kappa shape index (κ1) is 10.8. The van der Waals surface area contributed by atoms with E-state index in [4.69, 9.17) is 10.8 Å². The second kappa shape index (κ2) is 6.88. The Kier molecular flexibility index (Phi) is 10.6. The highest BCUT2D eigenvalue weighted by molar-refractivity contribution is 9.09. The van der Waals surface area contributed by atoms with Gasteiger partial charge in [0, 0.05) is 11.9 Å². The van der Waals surface area contributed by atoms with Crippen LogP contribution in [-0.4, -0.2) is 23.1 Å². The van der Waals surface area contributed by atoms with Crippen molar-refractivity contribution in [1.82, 2.24) is 0 Å². The van der Waals surface area contributed by atoms with E-state index >= 15 is 0 Å². The van der Waals surface area contributed by atoms with Crippen LogP contribution in [0.3, 0.4) is 0 Å². The predicted octanol–water partition coefficient (Wildman–Crippen LogP) is 0.279. The van der Waals surface area contributed by atoms with Crippen LogP contribution in [0, 0.1) is 0 Å². The topological polar surface area (TPSA) is 46.2 Å². The van der Waals surface area contributed by atoms with Crippen molar-refractivity contribution in [3.63, 3.8) is 0 Å². The zero-order chi connectivity index (χ0) is 4.99. The third-order valence-electron chi connectivity index (χ3n) is 0.450. The Morgan fingerprint density at radius 2 is 2.14 bits per heavy atom. The molecule has 4 heteroatoms. The lowest BCUT2D eigenvalue weighted by atomic mass is 10.4. The quantitative estimate of drug-likeness (QED) is 0.675. The highest BCUT2D eigenvalue weighted by Gasteiger charge is 1.92. The standard InChI is InChI=1S/C3H8BrNO.BrH/c4-1-3(6)2-5;/h3,6H,1-2,5H2;1H. The first-order valence-electron chi connectivity index (χ1n) is 1.75. The monoisotopic (exact) mass is 233 g/mol. The van der Waals surface area contributed by atoms with Gasteiger partial charge in [0.05, 0.1) is 6.10 Å². The van der Waals surface area contributed by atoms with Gasteiger partial charge in [-0.15, -0.1) is 17.0 Å². The zero-order valence-corrected chi connectivity index (χ0v) is 7.10. The highest BCUT2D eigenvalue weighted by Crippen LogP contribution is 1.84. The Morgan fingerprint density at radius 1 is 1.71 bits per heavy atom. The van der Waals surface area contributed by atoms with E-state index in [0.29, 0.717) is 11.9 Å². The summed E-state index contributed by atoms with van der Waals surface area (Å²) in [5, 5.41) is 9.07. The molecule has 3 N–H and O–H groups in total. The second-order valence-corrected chi connectivity index (χ2v) is 1.69. The molecular formula is C3H9Br2NO. The van der Waals surface area contributed by atoms with Gasteiger partial charge in [-0.25, -0.2) is 0 Å². The first-order valence-corrected chi connectivity index (χ1v) is 2.87. The molecule has 0 radical (unpaired) electrons. The van der Waals surface area contributed by atoms with Crippen molar-refractivity contribution in [2.75, 3.05) is 11.9 Å². The van der Waals surface area contributed by atoms with E-state index in [1.807, 2.05) is 0 Å². The Bertz CT molecular complexity index is 32.1. The van der Waals surface area contributed by atoms with Crippen LogP contribution in [0.4, 0.5) is 0 Å². The lowest BCUT2D eigenvalue weighted by Crippen LogP contribution is -2.20. The molecule has 0 aliphatic heterocycles. The van der Waals surface area contributed by atoms with Crippen LogP contribution >= 0.6 is 32.9 Å². The molecule has 46 valence electrons. The summed E-state index contributed by atoms with van der Waals surface area (Å²) >= 11 is 3.04. The number of hydrogen-bond acceptors (Lipinski definition) is 2. The fraction of sp³-hybridized carbons (Fsp3) is 1.00. The van der Waals surface area contributed by atoms with Gasteiger partial charge in [0.2, 0.25) is 0 Å². The lowest BCUT2D eigenvalue weighted by Gasteiger charge is -1.97. The molecule has 0 aromatic rings. The second-order valence-electron chi connectivity index (χ2n) is 1.04. The summed E-state index contributed by atoms with van der Waals surface area (Å²) in [6.07, 6.45) is -0.370. The van der Waals surface area contributed by atoms with Crippen LogP contribution in [-0.2, 0) is 0 Å². The van der Waals surface area contributed by atoms with Crippen molar-refractivity contribution in [3.8, 4) is 0 Å². The maximum absolute atomic E-state index is 8.49. The molecule has 0 aliphatic carbocycles. The summed E-state index contributed by atoms with van der Waals surface area (Å²) in [6, 6.07) is 0. The fourth-order valence-corrected chi connectivity index (χ4v) is 0.327. The van der Waals surface area contributed by atoms with Gasteiger partial charge >= 0.3 is 0 Å². The predicted molar refractivity (Wildman–Crippen MR) is 39.2 cm³/mol. The van der Waals surface area contributed by atoms with Crippen LogP contribution in [0.25, 0.3) is 0 Å². The SMILES string of the molecule is Br.NCC(O)CBr. The van der Waals surface area contributed by atoms with Crippen LogP contribution in [0.5, 0.6) is 0 Å². The summed E-state index contributed by atoms with van der Waals surface area (Å²) in [4.78, 5) is 0. The van der Waals surface area contributed by atoms with Gasteiger partial charge in [0.1, 0.15) is 0 Å². The van der Waals surface area contributed by atoms with Crippen LogP contribution in [0.1, 0.15) is 0 Å². The van der Waals surface area contributed by atoms with E-state index in [1.165, 1.54) is 0 Å². The number of halogens is 2. The van der Waals surface area contributed by atoms with Gasteiger partial charge in [0.15, 0.2) is 0 Å². The zero-order valence-electron chi connectivity index (χ0n) is 3.80. The number of nitrogens with two attached hydrogens (primary N) is 1. The molecule has 1 atom stereocenters. The number of alkyl halides is 1. The van der Waals surface area contributed by atoms with E-state index in [1.54, 1.807) is 0 Å². The fourth-order valence-electron chi connectivity index (χ4n) is 0.0630. The van der Waals surface area contributed by atoms with Gasteiger partial charge in [-0.05, 0) is 0 Å². The van der Waals surface area contributed by atoms with Crippen molar-refractivity contribution < 1.29 is 5.11 Å². The van der Waals surface area contributed by atoms with Crippen LogP contribution in [0.2, 0.25) is 0 Å². The molecule has 7 heavy (non-hydrogen) atoms. The van der Waals surface area contributed by atoms with E-state index in [2.05, 4.69) is 15.9 Å². The summed E-state index contributed by atoms with van der Waals surface area (Å²) in [5.74, 6) is 0. The number of aliphatic hydroxyl groups is 1. The highest BCUT2D eigenvalue weighted by atomic mass is 79.9. The van der Waals surface area contributed by atoms with E-state index in [0.717, 1.165) is 0 Å². The summed E-state index contributed by atoms with van der Waals surface area (Å²) < 4.78 is 0. The maximum atomic E-state index is 8.49. The Morgan fingerprint density at radius 3 is 2.14 bits per heavy atom. The Hall–Kier alpha value is 0.880. The number of rotatable bonds is 2. The molecule has 1 unspecified atom stereocenters. The van der Waals surface area contributed by atoms with E-state index in [9.17, 15) is 0 Å². The minimum Gasteiger partial charge on any atom is -0.391 e. The van der Waals surface area contributed by atoms with Gasteiger partial charge in [0.25, 0.3) is 0 Å². The van der Waals surface area contributed by atoms with Gasteiger partial charge in [-0.2, -0.15) is 0 Å². The summed E-state index contributed by atoms with van der Waals surface area (Å²) in [6.45, 7) is 0.339. The van der Waals surface area contributed by atoms with Gasteiger partial charge in [-0.3, -0.25) is 0 Å². The molecular weight excluding hydrogens is 226 g/mol. The molecule has 0 bridgehead atoms. The third kappa shape index (κ3) is 6.88. The molecule has 0 rings (SSSR count). The van der Waals surface area contributed by atoms with E-state index in [-0.39, 0.29) is 23.1 Å². The number of aliphatic hydroxyl groups excluding tert-OH is 1.